The molecule has 0 N–H and O–H groups in total. The number of halogens is 2. The highest BCUT2D eigenvalue weighted by Gasteiger charge is 2.26. The van der Waals surface area contributed by atoms with Crippen LogP contribution in [0.1, 0.15) is 6.92 Å². The van der Waals surface area contributed by atoms with Crippen molar-refractivity contribution in [2.75, 3.05) is 38.4 Å². The molecule has 0 aliphatic heterocycles. The van der Waals surface area contributed by atoms with Crippen LogP contribution in [0.15, 0.2) is 0 Å². The third kappa shape index (κ3) is 11.9. The number of carbonyl (C=O) groups excluding carboxylic acids is 2. The van der Waals surface area contributed by atoms with E-state index in [4.69, 9.17) is 38.4 Å². The third-order valence-corrected chi connectivity index (χ3v) is 4.02. The van der Waals surface area contributed by atoms with E-state index in [9.17, 15) is 14.2 Å². The quantitative estimate of drug-likeness (QED) is 0.267. The molecule has 0 fully saturated rings. The molecule has 0 saturated heterocycles. The molecule has 0 saturated carbocycles. The lowest BCUT2D eigenvalue weighted by atomic mass is 10.6. The lowest BCUT2D eigenvalue weighted by Crippen LogP contribution is -2.34. The molecule has 6 nitrogen and oxygen atoms in total. The molecule has 21 heavy (non-hydrogen) atoms. The number of hydrogen-bond donors (Lipinski definition) is 0. The molecule has 0 rings (SSSR count). The van der Waals surface area contributed by atoms with Gasteiger partial charge < -0.3 is 14.4 Å². The number of rotatable bonds is 9. The Balaban J connectivity index is 4.45. The maximum absolute atomic E-state index is 11.8. The van der Waals surface area contributed by atoms with E-state index in [-0.39, 0.29) is 19.0 Å². The first-order valence-corrected chi connectivity index (χ1v) is 10.6. The summed E-state index contributed by atoms with van der Waals surface area (Å²) >= 11 is 11.7. The summed E-state index contributed by atoms with van der Waals surface area (Å²) in [5.41, 5.74) is 0. The minimum absolute atomic E-state index is 0.0611. The first kappa shape index (κ1) is 20.6. The van der Waals surface area contributed by atoms with Crippen molar-refractivity contribution in [1.29, 1.82) is 0 Å². The van der Waals surface area contributed by atoms with E-state index in [0.29, 0.717) is 6.61 Å². The Morgan fingerprint density at radius 1 is 1.38 bits per heavy atom. The highest BCUT2D eigenvalue weighted by Crippen LogP contribution is 2.56. The molecule has 10 heteroatoms. The van der Waals surface area contributed by atoms with Crippen molar-refractivity contribution in [3.05, 3.63) is 0 Å². The number of thioether (sulfide) groups is 1. The normalized spacial score (nSPS) is 10.8. The maximum Gasteiger partial charge on any atom is 0.325 e. The summed E-state index contributed by atoms with van der Waals surface area (Å²) in [6.07, 6.45) is 4.59. The first-order valence-electron chi connectivity index (χ1n) is 5.87. The lowest BCUT2D eigenvalue weighted by Gasteiger charge is -2.21. The molecule has 0 aromatic rings. The Bertz CT molecular complexity index is 437. The van der Waals surface area contributed by atoms with Crippen LogP contribution in [-0.4, -0.2) is 54.5 Å². The van der Waals surface area contributed by atoms with Gasteiger partial charge in [0.25, 0.3) is 11.1 Å². The van der Waals surface area contributed by atoms with E-state index in [1.165, 1.54) is 0 Å². The van der Waals surface area contributed by atoms with Crippen LogP contribution in [0.3, 0.4) is 0 Å². The highest BCUT2D eigenvalue weighted by atomic mass is 35.9. The zero-order chi connectivity index (χ0) is 16.3. The number of terminal acetylenes is 1. The summed E-state index contributed by atoms with van der Waals surface area (Å²) in [4.78, 5) is 24.3. The van der Waals surface area contributed by atoms with Crippen molar-refractivity contribution in [2.24, 2.45) is 0 Å². The predicted octanol–water partition coefficient (Wildman–Crippen LogP) is 2.98. The van der Waals surface area contributed by atoms with Gasteiger partial charge in [-0.1, -0.05) is 17.7 Å². The standard InChI is InChI=1S/C11H16Cl2NO5PS/c1-3-7-21-11(16)14(9-20(12,13)17)8-10(15)19-6-5-18-4-2/h1H,4-9H2,2H3. The molecular formula is C11H16Cl2NO5PS. The second kappa shape index (κ2) is 11.2. The van der Waals surface area contributed by atoms with Crippen molar-refractivity contribution in [1.82, 2.24) is 4.90 Å². The topological polar surface area (TPSA) is 72.9 Å². The van der Waals surface area contributed by atoms with Crippen LogP contribution in [0.25, 0.3) is 0 Å². The minimum Gasteiger partial charge on any atom is -0.462 e. The van der Waals surface area contributed by atoms with Gasteiger partial charge in [0.1, 0.15) is 19.4 Å². The summed E-state index contributed by atoms with van der Waals surface area (Å²) in [6.45, 7) is 2.22. The third-order valence-electron chi connectivity index (χ3n) is 1.89. The summed E-state index contributed by atoms with van der Waals surface area (Å²) in [5.74, 6) is -1.84. The number of esters is 1. The van der Waals surface area contributed by atoms with E-state index in [2.05, 4.69) is 5.92 Å². The van der Waals surface area contributed by atoms with Crippen molar-refractivity contribution >= 4 is 51.3 Å². The molecule has 0 radical (unpaired) electrons. The summed E-state index contributed by atoms with van der Waals surface area (Å²) < 4.78 is 21.3. The molecule has 0 aromatic carbocycles. The first-order chi connectivity index (χ1) is 9.80. The van der Waals surface area contributed by atoms with E-state index >= 15 is 0 Å². The van der Waals surface area contributed by atoms with E-state index in [1.54, 1.807) is 0 Å². The average Bonchev–Trinajstić information content (AvgIpc) is 2.38. The predicted molar refractivity (Wildman–Crippen MR) is 85.0 cm³/mol. The van der Waals surface area contributed by atoms with Gasteiger partial charge in [-0.3, -0.25) is 14.2 Å². The number of hydrogen-bond acceptors (Lipinski definition) is 6. The lowest BCUT2D eigenvalue weighted by molar-refractivity contribution is -0.145. The van der Waals surface area contributed by atoms with E-state index in [0.717, 1.165) is 16.7 Å². The van der Waals surface area contributed by atoms with Gasteiger partial charge in [-0.05, 0) is 29.4 Å². The van der Waals surface area contributed by atoms with Crippen molar-refractivity contribution in [3.63, 3.8) is 0 Å². The Morgan fingerprint density at radius 2 is 2.05 bits per heavy atom. The molecule has 0 bridgehead atoms. The Kier molecular flexibility index (Phi) is 11.0. The minimum atomic E-state index is -3.55. The molecule has 0 atom stereocenters. The Labute approximate surface area is 137 Å². The second-order valence-electron chi connectivity index (χ2n) is 3.59. The number of ether oxygens (including phenoxy) is 2. The zero-order valence-corrected chi connectivity index (χ0v) is 14.6. The molecule has 1 amide bonds. The van der Waals surface area contributed by atoms with Gasteiger partial charge in [-0.25, -0.2) is 0 Å². The summed E-state index contributed by atoms with van der Waals surface area (Å²) in [6, 6.07) is 0. The highest BCUT2D eigenvalue weighted by molar-refractivity contribution is 8.13. The van der Waals surface area contributed by atoms with Crippen LogP contribution in [0, 0.1) is 12.3 Å². The molecular weight excluding hydrogens is 360 g/mol. The van der Waals surface area contributed by atoms with Crippen LogP contribution < -0.4 is 0 Å². The van der Waals surface area contributed by atoms with Gasteiger partial charge in [-0.2, -0.15) is 0 Å². The summed E-state index contributed by atoms with van der Waals surface area (Å²) in [7, 11) is 0. The molecule has 0 unspecified atom stereocenters. The number of carbonyl (C=O) groups is 2. The van der Waals surface area contributed by atoms with E-state index < -0.39 is 29.9 Å². The van der Waals surface area contributed by atoms with E-state index in [1.807, 2.05) is 6.92 Å². The SMILES string of the molecule is C#CCSC(=O)N(CC(=O)OCCOCC)CP(=O)(Cl)Cl. The smallest absolute Gasteiger partial charge is 0.325 e. The number of nitrogens with zero attached hydrogens (tertiary/aromatic N) is 1. The molecule has 0 spiro atoms. The van der Waals surface area contributed by atoms with Gasteiger partial charge in [0.15, 0.2) is 0 Å². The average molecular weight is 376 g/mol. The van der Waals surface area contributed by atoms with Crippen molar-refractivity contribution in [3.8, 4) is 12.3 Å². The van der Waals surface area contributed by atoms with Crippen LogP contribution in [0.2, 0.25) is 0 Å². The van der Waals surface area contributed by atoms with Crippen LogP contribution in [0.4, 0.5) is 4.79 Å². The van der Waals surface area contributed by atoms with Gasteiger partial charge in [0, 0.05) is 6.61 Å². The largest absolute Gasteiger partial charge is 0.462 e. The van der Waals surface area contributed by atoms with Crippen LogP contribution in [-0.2, 0) is 18.8 Å². The number of amides is 1. The van der Waals surface area contributed by atoms with Crippen LogP contribution >= 0.6 is 40.1 Å². The van der Waals surface area contributed by atoms with Gasteiger partial charge >= 0.3 is 5.97 Å². The molecule has 0 aliphatic rings. The van der Waals surface area contributed by atoms with Gasteiger partial charge in [0.2, 0.25) is 0 Å². The molecule has 120 valence electrons. The molecule has 0 aromatic heterocycles. The fourth-order valence-electron chi connectivity index (χ4n) is 1.13. The molecule has 0 heterocycles. The monoisotopic (exact) mass is 375 g/mol. The van der Waals surface area contributed by atoms with Gasteiger partial charge in [-0.15, -0.1) is 6.42 Å². The fraction of sp³-hybridized carbons (Fsp3) is 0.636. The Hall–Kier alpha value is -0.380. The van der Waals surface area contributed by atoms with Gasteiger partial charge in [0.05, 0.1) is 12.4 Å². The van der Waals surface area contributed by atoms with Crippen molar-refractivity contribution < 1.29 is 23.6 Å². The Morgan fingerprint density at radius 3 is 2.57 bits per heavy atom. The maximum atomic E-state index is 11.8. The van der Waals surface area contributed by atoms with Crippen molar-refractivity contribution in [2.45, 2.75) is 6.92 Å². The molecule has 0 aliphatic carbocycles. The van der Waals surface area contributed by atoms with Crippen LogP contribution in [0.5, 0.6) is 0 Å². The fourth-order valence-corrected chi connectivity index (χ4v) is 3.14. The summed E-state index contributed by atoms with van der Waals surface area (Å²) in [5, 5.41) is -0.545. The zero-order valence-electron chi connectivity index (χ0n) is 11.4. The second-order valence-corrected chi connectivity index (χ2v) is 9.73.